The molecule has 0 aromatic rings. The Hall–Kier alpha value is -3.41. The van der Waals surface area contributed by atoms with Crippen LogP contribution < -0.4 is 0 Å². The molecule has 6 heteroatoms. The maximum atomic E-state index is 12.8. The fraction of sp³-hybridized carbons (Fsp3) is 0.712. The highest BCUT2D eigenvalue weighted by Crippen LogP contribution is 2.14. The van der Waals surface area contributed by atoms with Crippen molar-refractivity contribution in [3.8, 4) is 0 Å². The third-order valence-corrected chi connectivity index (χ3v) is 11.5. The van der Waals surface area contributed by atoms with Crippen molar-refractivity contribution in [2.45, 2.75) is 258 Å². The Morgan fingerprint density at radius 3 is 0.985 bits per heavy atom. The Labute approximate surface area is 401 Å². The maximum Gasteiger partial charge on any atom is 0.306 e. The minimum Gasteiger partial charge on any atom is -0.462 e. The van der Waals surface area contributed by atoms with E-state index in [0.717, 1.165) is 116 Å². The van der Waals surface area contributed by atoms with Gasteiger partial charge < -0.3 is 14.2 Å². The fourth-order valence-corrected chi connectivity index (χ4v) is 7.38. The molecule has 0 bridgehead atoms. The third kappa shape index (κ3) is 51.4. The van der Waals surface area contributed by atoms with Crippen molar-refractivity contribution in [1.29, 1.82) is 0 Å². The molecule has 1 unspecified atom stereocenters. The fourth-order valence-electron chi connectivity index (χ4n) is 7.38. The summed E-state index contributed by atoms with van der Waals surface area (Å²) in [5.74, 6) is -0.941. The van der Waals surface area contributed by atoms with Gasteiger partial charge in [-0.3, -0.25) is 14.4 Å². The molecule has 0 saturated carbocycles. The van der Waals surface area contributed by atoms with Crippen LogP contribution in [0.3, 0.4) is 0 Å². The van der Waals surface area contributed by atoms with Crippen molar-refractivity contribution < 1.29 is 28.6 Å². The Bertz CT molecular complexity index is 1270. The largest absolute Gasteiger partial charge is 0.462 e. The van der Waals surface area contributed by atoms with Gasteiger partial charge in [-0.15, -0.1) is 0 Å². The summed E-state index contributed by atoms with van der Waals surface area (Å²) in [7, 11) is 0. The van der Waals surface area contributed by atoms with Crippen molar-refractivity contribution >= 4 is 17.9 Å². The summed E-state index contributed by atoms with van der Waals surface area (Å²) >= 11 is 0. The smallest absolute Gasteiger partial charge is 0.306 e. The maximum absolute atomic E-state index is 12.8. The first-order valence-corrected chi connectivity index (χ1v) is 27.2. The van der Waals surface area contributed by atoms with Gasteiger partial charge in [0.25, 0.3) is 0 Å². The van der Waals surface area contributed by atoms with Gasteiger partial charge in [-0.1, -0.05) is 228 Å². The molecule has 372 valence electrons. The van der Waals surface area contributed by atoms with Gasteiger partial charge in [-0.25, -0.2) is 0 Å². The molecule has 0 aliphatic carbocycles. The van der Waals surface area contributed by atoms with E-state index in [1.165, 1.54) is 96.3 Å². The van der Waals surface area contributed by atoms with Crippen LogP contribution in [0.2, 0.25) is 0 Å². The first kappa shape index (κ1) is 61.6. The molecule has 6 nitrogen and oxygen atoms in total. The summed E-state index contributed by atoms with van der Waals surface area (Å²) < 4.78 is 16.8. The van der Waals surface area contributed by atoms with E-state index >= 15 is 0 Å². The first-order valence-electron chi connectivity index (χ1n) is 27.2. The molecule has 0 saturated heterocycles. The van der Waals surface area contributed by atoms with E-state index in [4.69, 9.17) is 14.2 Å². The molecule has 0 spiro atoms. The first-order chi connectivity index (χ1) is 32.0. The molecule has 0 aromatic carbocycles. The highest BCUT2D eigenvalue weighted by atomic mass is 16.6. The van der Waals surface area contributed by atoms with Crippen LogP contribution in [0.1, 0.15) is 252 Å². The number of carbonyl (C=O) groups is 3. The summed E-state index contributed by atoms with van der Waals surface area (Å²) in [6.07, 6.45) is 68.5. The molecule has 0 aromatic heterocycles. The van der Waals surface area contributed by atoms with Crippen LogP contribution in [0.15, 0.2) is 85.1 Å². The zero-order valence-electron chi connectivity index (χ0n) is 42.5. The summed E-state index contributed by atoms with van der Waals surface area (Å²) in [6, 6.07) is 0. The molecule has 65 heavy (non-hydrogen) atoms. The van der Waals surface area contributed by atoms with Crippen molar-refractivity contribution in [3.05, 3.63) is 85.1 Å². The molecule has 0 aliphatic rings. The average molecular weight is 905 g/mol. The van der Waals surface area contributed by atoms with E-state index in [9.17, 15) is 14.4 Å². The highest BCUT2D eigenvalue weighted by Gasteiger charge is 2.19. The third-order valence-electron chi connectivity index (χ3n) is 11.5. The summed E-state index contributed by atoms with van der Waals surface area (Å²) in [6.45, 7) is 6.45. The number of carbonyl (C=O) groups excluding carboxylic acids is 3. The molecule has 0 N–H and O–H groups in total. The number of rotatable bonds is 48. The Kier molecular flexibility index (Phi) is 50.4. The number of hydrogen-bond donors (Lipinski definition) is 0. The molecular formula is C59H100O6. The molecule has 0 rings (SSSR count). The second kappa shape index (κ2) is 53.2. The van der Waals surface area contributed by atoms with E-state index in [1.54, 1.807) is 0 Å². The Morgan fingerprint density at radius 2 is 0.615 bits per heavy atom. The van der Waals surface area contributed by atoms with E-state index in [0.29, 0.717) is 19.3 Å². The van der Waals surface area contributed by atoms with Gasteiger partial charge >= 0.3 is 17.9 Å². The minimum absolute atomic E-state index is 0.0965. The molecular weight excluding hydrogens is 805 g/mol. The predicted molar refractivity (Wildman–Crippen MR) is 279 cm³/mol. The van der Waals surface area contributed by atoms with Crippen LogP contribution in [0, 0.1) is 0 Å². The number of unbranched alkanes of at least 4 members (excludes halogenated alkanes) is 27. The van der Waals surface area contributed by atoms with E-state index < -0.39 is 6.10 Å². The monoisotopic (exact) mass is 905 g/mol. The van der Waals surface area contributed by atoms with Crippen molar-refractivity contribution in [2.75, 3.05) is 13.2 Å². The van der Waals surface area contributed by atoms with Gasteiger partial charge in [0.15, 0.2) is 6.10 Å². The van der Waals surface area contributed by atoms with Crippen molar-refractivity contribution in [1.82, 2.24) is 0 Å². The number of hydrogen-bond acceptors (Lipinski definition) is 6. The highest BCUT2D eigenvalue weighted by molar-refractivity contribution is 5.71. The van der Waals surface area contributed by atoms with Crippen LogP contribution in [0.4, 0.5) is 0 Å². The number of allylic oxidation sites excluding steroid dienone is 14. The van der Waals surface area contributed by atoms with Crippen LogP contribution in [-0.2, 0) is 28.6 Å². The Morgan fingerprint density at radius 1 is 0.323 bits per heavy atom. The topological polar surface area (TPSA) is 78.9 Å². The van der Waals surface area contributed by atoms with Crippen molar-refractivity contribution in [3.63, 3.8) is 0 Å². The van der Waals surface area contributed by atoms with Gasteiger partial charge in [-0.05, 0) is 89.9 Å². The van der Waals surface area contributed by atoms with Gasteiger partial charge in [0.2, 0.25) is 0 Å². The summed E-state index contributed by atoms with van der Waals surface area (Å²) in [4.78, 5) is 38.1. The number of esters is 3. The second-order valence-corrected chi connectivity index (χ2v) is 17.9. The lowest BCUT2D eigenvalue weighted by molar-refractivity contribution is -0.167. The molecule has 0 heterocycles. The summed E-state index contributed by atoms with van der Waals surface area (Å²) in [5.41, 5.74) is 0. The van der Waals surface area contributed by atoms with Crippen LogP contribution in [0.25, 0.3) is 0 Å². The molecule has 0 fully saturated rings. The second-order valence-electron chi connectivity index (χ2n) is 17.9. The van der Waals surface area contributed by atoms with Gasteiger partial charge in [-0.2, -0.15) is 0 Å². The van der Waals surface area contributed by atoms with Gasteiger partial charge in [0.05, 0.1) is 0 Å². The zero-order chi connectivity index (χ0) is 47.2. The summed E-state index contributed by atoms with van der Waals surface area (Å²) in [5, 5.41) is 0. The average Bonchev–Trinajstić information content (AvgIpc) is 3.30. The van der Waals surface area contributed by atoms with Crippen molar-refractivity contribution in [2.24, 2.45) is 0 Å². The van der Waals surface area contributed by atoms with Crippen LogP contribution in [-0.4, -0.2) is 37.2 Å². The van der Waals surface area contributed by atoms with Crippen LogP contribution in [0.5, 0.6) is 0 Å². The Balaban J connectivity index is 4.46. The molecule has 0 aliphatic heterocycles. The zero-order valence-corrected chi connectivity index (χ0v) is 42.5. The van der Waals surface area contributed by atoms with Gasteiger partial charge in [0.1, 0.15) is 13.2 Å². The lowest BCUT2D eigenvalue weighted by atomic mass is 10.1. The minimum atomic E-state index is -0.798. The van der Waals surface area contributed by atoms with E-state index in [2.05, 4.69) is 106 Å². The van der Waals surface area contributed by atoms with Crippen LogP contribution >= 0.6 is 0 Å². The normalized spacial score (nSPS) is 12.7. The molecule has 0 amide bonds. The SMILES string of the molecule is CC\C=C/C=C\C=C/CCCCCCCCCC(=O)OC(COC(=O)CCCCC/C=C\CCCCCCCCC)COC(=O)CCCCCCC\C=C/C=C\C=C/CCCCCCC. The molecule has 0 radical (unpaired) electrons. The molecule has 1 atom stereocenters. The quantitative estimate of drug-likeness (QED) is 0.0199. The van der Waals surface area contributed by atoms with E-state index in [-0.39, 0.29) is 31.1 Å². The van der Waals surface area contributed by atoms with Gasteiger partial charge in [0, 0.05) is 19.3 Å². The predicted octanol–water partition coefficient (Wildman–Crippen LogP) is 18.0. The van der Waals surface area contributed by atoms with E-state index in [1.807, 2.05) is 0 Å². The lowest BCUT2D eigenvalue weighted by Gasteiger charge is -2.18. The number of ether oxygens (including phenoxy) is 3. The lowest BCUT2D eigenvalue weighted by Crippen LogP contribution is -2.30. The standard InChI is InChI=1S/C59H100O6/c1-4-7-10-13-16-19-22-25-28-29-30-32-34-37-40-43-46-49-52-58(61)64-55-56(54-63-57(60)51-48-45-42-39-36-33-27-24-21-18-15-12-9-6-3)65-59(62)53-50-47-44-41-38-35-31-26-23-20-17-14-11-8-5-2/h8,11,14,17,20,22-23,25,28-30,32-33,36,56H,4-7,9-10,12-13,15-16,18-19,21,24,26-27,31,34-35,37-55H2,1-3H3/b11-8-,17-14-,23-20-,25-22-,29-28-,32-30-,36-33-.